The van der Waals surface area contributed by atoms with Gasteiger partial charge < -0.3 is 4.74 Å². The lowest BCUT2D eigenvalue weighted by atomic mass is 10.1. The van der Waals surface area contributed by atoms with Crippen molar-refractivity contribution in [3.05, 3.63) is 29.3 Å². The molecule has 0 saturated carbocycles. The van der Waals surface area contributed by atoms with Crippen LogP contribution in [-0.2, 0) is 16.0 Å². The van der Waals surface area contributed by atoms with E-state index in [0.717, 1.165) is 15.8 Å². The molecule has 0 fully saturated rings. The van der Waals surface area contributed by atoms with Gasteiger partial charge in [-0.15, -0.1) is 11.3 Å². The second kappa shape index (κ2) is 4.45. The zero-order valence-electron chi connectivity index (χ0n) is 10.2. The predicted octanol–water partition coefficient (Wildman–Crippen LogP) is 3.18. The molecule has 0 saturated heterocycles. The van der Waals surface area contributed by atoms with Crippen molar-refractivity contribution in [3.63, 3.8) is 0 Å². The van der Waals surface area contributed by atoms with Crippen LogP contribution in [0.1, 0.15) is 26.3 Å². The van der Waals surface area contributed by atoms with Gasteiger partial charge in [0, 0.05) is 0 Å². The summed E-state index contributed by atoms with van der Waals surface area (Å²) in [5.41, 5.74) is 3.26. The summed E-state index contributed by atoms with van der Waals surface area (Å²) in [4.78, 5) is 15.9. The lowest BCUT2D eigenvalue weighted by Crippen LogP contribution is -2.24. The zero-order chi connectivity index (χ0) is 12.5. The highest BCUT2D eigenvalue weighted by Crippen LogP contribution is 2.19. The van der Waals surface area contributed by atoms with E-state index in [9.17, 15) is 4.79 Å². The Morgan fingerprint density at radius 3 is 2.88 bits per heavy atom. The van der Waals surface area contributed by atoms with Crippen molar-refractivity contribution in [2.45, 2.75) is 32.8 Å². The minimum absolute atomic E-state index is 0.202. The fraction of sp³-hybridized carbons (Fsp3) is 0.385. The Hall–Kier alpha value is -1.42. The van der Waals surface area contributed by atoms with Crippen molar-refractivity contribution in [1.82, 2.24) is 4.98 Å². The first-order valence-corrected chi connectivity index (χ1v) is 6.36. The number of nitrogens with zero attached hydrogens (tertiary/aromatic N) is 1. The summed E-state index contributed by atoms with van der Waals surface area (Å²) in [6.07, 6.45) is 0.296. The SMILES string of the molecule is CC(C)(C)OC(=O)Cc1ccc2scnc2c1. The third kappa shape index (κ3) is 3.27. The monoisotopic (exact) mass is 249 g/mol. The van der Waals surface area contributed by atoms with Crippen molar-refractivity contribution in [1.29, 1.82) is 0 Å². The number of ether oxygens (including phenoxy) is 1. The third-order valence-electron chi connectivity index (χ3n) is 2.16. The van der Waals surface area contributed by atoms with Crippen LogP contribution in [-0.4, -0.2) is 16.6 Å². The Labute approximate surface area is 104 Å². The Morgan fingerprint density at radius 1 is 1.41 bits per heavy atom. The first kappa shape index (κ1) is 12.0. The summed E-state index contributed by atoms with van der Waals surface area (Å²) in [6, 6.07) is 5.88. The van der Waals surface area contributed by atoms with Crippen LogP contribution in [0.25, 0.3) is 10.2 Å². The minimum Gasteiger partial charge on any atom is -0.460 e. The molecule has 1 aromatic heterocycles. The van der Waals surface area contributed by atoms with Crippen LogP contribution in [0.2, 0.25) is 0 Å². The molecule has 3 nitrogen and oxygen atoms in total. The molecule has 17 heavy (non-hydrogen) atoms. The molecule has 0 radical (unpaired) electrons. The van der Waals surface area contributed by atoms with Gasteiger partial charge in [0.15, 0.2) is 0 Å². The van der Waals surface area contributed by atoms with Crippen LogP contribution in [0.4, 0.5) is 0 Å². The average Bonchev–Trinajstić information content (AvgIpc) is 2.61. The Balaban J connectivity index is 2.10. The maximum Gasteiger partial charge on any atom is 0.310 e. The number of carbonyl (C=O) groups excluding carboxylic acids is 1. The van der Waals surface area contributed by atoms with Gasteiger partial charge in [-0.2, -0.15) is 0 Å². The molecular formula is C13H15NO2S. The van der Waals surface area contributed by atoms with E-state index in [1.54, 1.807) is 11.3 Å². The van der Waals surface area contributed by atoms with E-state index in [1.165, 1.54) is 0 Å². The van der Waals surface area contributed by atoms with E-state index in [0.29, 0.717) is 6.42 Å². The summed E-state index contributed by atoms with van der Waals surface area (Å²) in [5, 5.41) is 0. The van der Waals surface area contributed by atoms with Crippen LogP contribution >= 0.6 is 11.3 Å². The van der Waals surface area contributed by atoms with E-state index in [1.807, 2.05) is 44.5 Å². The number of carbonyl (C=O) groups is 1. The summed E-state index contributed by atoms with van der Waals surface area (Å²) in [5.74, 6) is -0.202. The zero-order valence-corrected chi connectivity index (χ0v) is 11.0. The van der Waals surface area contributed by atoms with Crippen LogP contribution < -0.4 is 0 Å². The van der Waals surface area contributed by atoms with Gasteiger partial charge in [0.2, 0.25) is 0 Å². The number of thiazole rings is 1. The molecule has 0 spiro atoms. The largest absolute Gasteiger partial charge is 0.460 e. The van der Waals surface area contributed by atoms with Crippen LogP contribution in [0, 0.1) is 0 Å². The standard InChI is InChI=1S/C13H15NO2S/c1-13(2,3)16-12(15)7-9-4-5-11-10(6-9)14-8-17-11/h4-6,8H,7H2,1-3H3. The fourth-order valence-corrected chi connectivity index (χ4v) is 2.22. The second-order valence-corrected chi connectivity index (χ2v) is 5.80. The van der Waals surface area contributed by atoms with Gasteiger partial charge in [-0.05, 0) is 38.5 Å². The molecule has 0 atom stereocenters. The van der Waals surface area contributed by atoms with Crippen LogP contribution in [0.15, 0.2) is 23.7 Å². The first-order valence-electron chi connectivity index (χ1n) is 5.48. The third-order valence-corrected chi connectivity index (χ3v) is 2.97. The van der Waals surface area contributed by atoms with E-state index >= 15 is 0 Å². The highest BCUT2D eigenvalue weighted by Gasteiger charge is 2.16. The van der Waals surface area contributed by atoms with E-state index < -0.39 is 5.60 Å². The number of fused-ring (bicyclic) bond motifs is 1. The molecule has 0 aliphatic heterocycles. The van der Waals surface area contributed by atoms with Crippen molar-refractivity contribution < 1.29 is 9.53 Å². The van der Waals surface area contributed by atoms with Crippen molar-refractivity contribution >= 4 is 27.5 Å². The van der Waals surface area contributed by atoms with Gasteiger partial charge in [-0.3, -0.25) is 4.79 Å². The number of aromatic nitrogens is 1. The van der Waals surface area contributed by atoms with Crippen LogP contribution in [0.3, 0.4) is 0 Å². The highest BCUT2D eigenvalue weighted by molar-refractivity contribution is 7.16. The van der Waals surface area contributed by atoms with Gasteiger partial charge in [-0.25, -0.2) is 4.98 Å². The molecule has 2 aromatic rings. The molecule has 1 aromatic carbocycles. The second-order valence-electron chi connectivity index (χ2n) is 4.92. The molecule has 2 rings (SSSR count). The maximum absolute atomic E-state index is 11.7. The van der Waals surface area contributed by atoms with E-state index in [-0.39, 0.29) is 5.97 Å². The lowest BCUT2D eigenvalue weighted by molar-refractivity contribution is -0.153. The minimum atomic E-state index is -0.429. The van der Waals surface area contributed by atoms with Crippen molar-refractivity contribution in [2.24, 2.45) is 0 Å². The van der Waals surface area contributed by atoms with Crippen LogP contribution in [0.5, 0.6) is 0 Å². The molecule has 0 N–H and O–H groups in total. The smallest absolute Gasteiger partial charge is 0.310 e. The first-order chi connectivity index (χ1) is 7.94. The Bertz CT molecular complexity index is 540. The van der Waals surface area contributed by atoms with Crippen molar-refractivity contribution in [2.75, 3.05) is 0 Å². The summed E-state index contributed by atoms with van der Waals surface area (Å²) < 4.78 is 6.42. The molecule has 1 heterocycles. The van der Waals surface area contributed by atoms with Crippen molar-refractivity contribution in [3.8, 4) is 0 Å². The van der Waals surface area contributed by atoms with E-state index in [4.69, 9.17) is 4.74 Å². The summed E-state index contributed by atoms with van der Waals surface area (Å²) in [6.45, 7) is 5.61. The summed E-state index contributed by atoms with van der Waals surface area (Å²) in [7, 11) is 0. The quantitative estimate of drug-likeness (QED) is 0.767. The molecule has 0 bridgehead atoms. The molecule has 0 amide bonds. The number of benzene rings is 1. The molecule has 0 aliphatic rings. The predicted molar refractivity (Wildman–Crippen MR) is 69.2 cm³/mol. The maximum atomic E-state index is 11.7. The van der Waals surface area contributed by atoms with Gasteiger partial charge >= 0.3 is 5.97 Å². The number of hydrogen-bond donors (Lipinski definition) is 0. The van der Waals surface area contributed by atoms with Gasteiger partial charge in [0.05, 0.1) is 22.1 Å². The Kier molecular flexibility index (Phi) is 3.15. The molecular weight excluding hydrogens is 234 g/mol. The molecule has 90 valence electrons. The number of rotatable bonds is 2. The molecule has 0 aliphatic carbocycles. The van der Waals surface area contributed by atoms with E-state index in [2.05, 4.69) is 4.98 Å². The fourth-order valence-electron chi connectivity index (χ4n) is 1.56. The number of esters is 1. The lowest BCUT2D eigenvalue weighted by Gasteiger charge is -2.19. The average molecular weight is 249 g/mol. The van der Waals surface area contributed by atoms with Gasteiger partial charge in [0.25, 0.3) is 0 Å². The highest BCUT2D eigenvalue weighted by atomic mass is 32.1. The Morgan fingerprint density at radius 2 is 2.18 bits per heavy atom. The topological polar surface area (TPSA) is 39.2 Å². The molecule has 4 heteroatoms. The van der Waals surface area contributed by atoms with Gasteiger partial charge in [0.1, 0.15) is 5.60 Å². The molecule has 0 unspecified atom stereocenters. The van der Waals surface area contributed by atoms with Gasteiger partial charge in [-0.1, -0.05) is 6.07 Å². The number of hydrogen-bond acceptors (Lipinski definition) is 4. The summed E-state index contributed by atoms with van der Waals surface area (Å²) >= 11 is 1.60. The normalized spacial score (nSPS) is 11.7.